The molecule has 0 aliphatic carbocycles. The molecule has 6 heteroatoms. The monoisotopic (exact) mass is 362 g/mol. The van der Waals surface area contributed by atoms with E-state index in [0.717, 1.165) is 24.0 Å². The number of hydrogen-bond acceptors (Lipinski definition) is 3. The van der Waals surface area contributed by atoms with Gasteiger partial charge in [-0.25, -0.2) is 12.7 Å². The first kappa shape index (κ1) is 17.6. The minimum atomic E-state index is -3.07. The molecule has 0 spiro atoms. The number of benzene rings is 1. The topological polar surface area (TPSA) is 49.4 Å². The Balaban J connectivity index is 2.32. The standard InChI is InChI=1S/C14H23BrN2O2S/c1-4-17(20(3,18)19)9-5-8-16-11-13-7-6-12(2)10-14(13)15/h6-7,10,16H,4-5,8-9,11H2,1-3H3. The summed E-state index contributed by atoms with van der Waals surface area (Å²) in [6.07, 6.45) is 2.07. The second-order valence-corrected chi connectivity index (χ2v) is 7.72. The lowest BCUT2D eigenvalue weighted by Crippen LogP contribution is -2.32. The molecule has 0 aliphatic heterocycles. The van der Waals surface area contributed by atoms with Gasteiger partial charge in [-0.2, -0.15) is 0 Å². The first-order chi connectivity index (χ1) is 9.34. The summed E-state index contributed by atoms with van der Waals surface area (Å²) in [7, 11) is -3.07. The molecule has 1 aromatic carbocycles. The Bertz CT molecular complexity index is 532. The molecule has 0 unspecified atom stereocenters. The molecule has 114 valence electrons. The summed E-state index contributed by atoms with van der Waals surface area (Å²) in [5, 5.41) is 3.34. The van der Waals surface area contributed by atoms with Crippen molar-refractivity contribution in [1.82, 2.24) is 9.62 Å². The van der Waals surface area contributed by atoms with E-state index in [9.17, 15) is 8.42 Å². The highest BCUT2D eigenvalue weighted by molar-refractivity contribution is 9.10. The fourth-order valence-corrected chi connectivity index (χ4v) is 3.52. The first-order valence-electron chi connectivity index (χ1n) is 6.75. The summed E-state index contributed by atoms with van der Waals surface area (Å²) in [6, 6.07) is 6.28. The van der Waals surface area contributed by atoms with Crippen LogP contribution in [0.1, 0.15) is 24.5 Å². The zero-order valence-corrected chi connectivity index (χ0v) is 14.7. The van der Waals surface area contributed by atoms with Crippen LogP contribution in [0.2, 0.25) is 0 Å². The predicted octanol–water partition coefficient (Wildman–Crippen LogP) is 2.52. The normalized spacial score (nSPS) is 12.1. The Morgan fingerprint density at radius 2 is 2.05 bits per heavy atom. The van der Waals surface area contributed by atoms with Gasteiger partial charge in [-0.05, 0) is 37.1 Å². The average Bonchev–Trinajstić information content (AvgIpc) is 2.34. The van der Waals surface area contributed by atoms with E-state index in [2.05, 4.69) is 46.4 Å². The van der Waals surface area contributed by atoms with E-state index in [1.807, 2.05) is 6.92 Å². The molecule has 0 radical (unpaired) electrons. The number of sulfonamides is 1. The smallest absolute Gasteiger partial charge is 0.211 e. The Hall–Kier alpha value is -0.430. The van der Waals surface area contributed by atoms with Crippen LogP contribution >= 0.6 is 15.9 Å². The summed E-state index contributed by atoms with van der Waals surface area (Å²) in [5.74, 6) is 0. The molecule has 1 rings (SSSR count). The van der Waals surface area contributed by atoms with Crippen LogP contribution in [0.15, 0.2) is 22.7 Å². The summed E-state index contributed by atoms with van der Waals surface area (Å²) in [5.41, 5.74) is 2.44. The molecule has 0 fully saturated rings. The fraction of sp³-hybridized carbons (Fsp3) is 0.571. The third kappa shape index (κ3) is 5.91. The summed E-state index contributed by atoms with van der Waals surface area (Å²) < 4.78 is 25.5. The Morgan fingerprint density at radius 1 is 1.35 bits per heavy atom. The van der Waals surface area contributed by atoms with Crippen LogP contribution in [0.5, 0.6) is 0 Å². The molecule has 20 heavy (non-hydrogen) atoms. The van der Waals surface area contributed by atoms with Gasteiger partial charge in [0.1, 0.15) is 0 Å². The van der Waals surface area contributed by atoms with Gasteiger partial charge in [-0.15, -0.1) is 0 Å². The molecule has 0 atom stereocenters. The van der Waals surface area contributed by atoms with Gasteiger partial charge in [0.05, 0.1) is 6.26 Å². The van der Waals surface area contributed by atoms with E-state index in [0.29, 0.717) is 13.1 Å². The van der Waals surface area contributed by atoms with Gasteiger partial charge in [-0.1, -0.05) is 35.0 Å². The van der Waals surface area contributed by atoms with Crippen molar-refractivity contribution in [3.63, 3.8) is 0 Å². The molecule has 0 heterocycles. The average molecular weight is 363 g/mol. The Labute approximate surface area is 130 Å². The van der Waals surface area contributed by atoms with Gasteiger partial charge in [-0.3, -0.25) is 0 Å². The van der Waals surface area contributed by atoms with Gasteiger partial charge in [0, 0.05) is 24.1 Å². The predicted molar refractivity (Wildman–Crippen MR) is 87.3 cm³/mol. The maximum absolute atomic E-state index is 11.4. The lowest BCUT2D eigenvalue weighted by atomic mass is 10.1. The highest BCUT2D eigenvalue weighted by Crippen LogP contribution is 2.17. The molecule has 4 nitrogen and oxygen atoms in total. The van der Waals surface area contributed by atoms with Crippen LogP contribution in [0.4, 0.5) is 0 Å². The molecule has 1 aromatic rings. The van der Waals surface area contributed by atoms with Crippen LogP contribution in [0, 0.1) is 6.92 Å². The minimum Gasteiger partial charge on any atom is -0.313 e. The van der Waals surface area contributed by atoms with Crippen LogP contribution < -0.4 is 5.32 Å². The van der Waals surface area contributed by atoms with Crippen LogP contribution in [-0.2, 0) is 16.6 Å². The van der Waals surface area contributed by atoms with Crippen molar-refractivity contribution < 1.29 is 8.42 Å². The van der Waals surface area contributed by atoms with Crippen LogP contribution in [-0.4, -0.2) is 38.6 Å². The highest BCUT2D eigenvalue weighted by atomic mass is 79.9. The van der Waals surface area contributed by atoms with E-state index < -0.39 is 10.0 Å². The molecule has 0 bridgehead atoms. The second kappa shape index (κ2) is 8.12. The van der Waals surface area contributed by atoms with Crippen LogP contribution in [0.3, 0.4) is 0 Å². The van der Waals surface area contributed by atoms with Gasteiger partial charge in [0.25, 0.3) is 0 Å². The number of nitrogens with zero attached hydrogens (tertiary/aromatic N) is 1. The van der Waals surface area contributed by atoms with E-state index in [1.54, 1.807) is 0 Å². The maximum Gasteiger partial charge on any atom is 0.211 e. The van der Waals surface area contributed by atoms with Crippen LogP contribution in [0.25, 0.3) is 0 Å². The van der Waals surface area contributed by atoms with Crippen molar-refractivity contribution in [2.45, 2.75) is 26.8 Å². The Morgan fingerprint density at radius 3 is 2.60 bits per heavy atom. The summed E-state index contributed by atoms with van der Waals surface area (Å²) in [6.45, 7) is 6.60. The molecular formula is C14H23BrN2O2S. The van der Waals surface area contributed by atoms with Crippen molar-refractivity contribution >= 4 is 26.0 Å². The van der Waals surface area contributed by atoms with Crippen molar-refractivity contribution in [2.75, 3.05) is 25.9 Å². The molecule has 0 amide bonds. The van der Waals surface area contributed by atoms with Crippen molar-refractivity contribution in [2.24, 2.45) is 0 Å². The third-order valence-corrected chi connectivity index (χ3v) is 5.22. The zero-order chi connectivity index (χ0) is 15.2. The number of rotatable bonds is 8. The molecular weight excluding hydrogens is 340 g/mol. The molecule has 1 N–H and O–H groups in total. The van der Waals surface area contributed by atoms with E-state index in [-0.39, 0.29) is 0 Å². The number of halogens is 1. The van der Waals surface area contributed by atoms with Gasteiger partial charge in [0.15, 0.2) is 0 Å². The van der Waals surface area contributed by atoms with Gasteiger partial charge in [0.2, 0.25) is 10.0 Å². The molecule has 0 saturated heterocycles. The Kier molecular flexibility index (Phi) is 7.15. The fourth-order valence-electron chi connectivity index (χ4n) is 1.96. The lowest BCUT2D eigenvalue weighted by Gasteiger charge is -2.17. The van der Waals surface area contributed by atoms with E-state index in [4.69, 9.17) is 0 Å². The third-order valence-electron chi connectivity index (χ3n) is 3.11. The summed E-state index contributed by atoms with van der Waals surface area (Å²) in [4.78, 5) is 0. The van der Waals surface area contributed by atoms with Gasteiger partial charge < -0.3 is 5.32 Å². The van der Waals surface area contributed by atoms with Crippen molar-refractivity contribution in [3.05, 3.63) is 33.8 Å². The first-order valence-corrected chi connectivity index (χ1v) is 9.39. The van der Waals surface area contributed by atoms with E-state index >= 15 is 0 Å². The maximum atomic E-state index is 11.4. The van der Waals surface area contributed by atoms with E-state index in [1.165, 1.54) is 21.7 Å². The quantitative estimate of drug-likeness (QED) is 0.722. The number of nitrogens with one attached hydrogen (secondary N) is 1. The summed E-state index contributed by atoms with van der Waals surface area (Å²) >= 11 is 3.55. The largest absolute Gasteiger partial charge is 0.313 e. The van der Waals surface area contributed by atoms with Crippen molar-refractivity contribution in [1.29, 1.82) is 0 Å². The van der Waals surface area contributed by atoms with Crippen molar-refractivity contribution in [3.8, 4) is 0 Å². The molecule has 0 aromatic heterocycles. The SMILES string of the molecule is CCN(CCCNCc1ccc(C)cc1Br)S(C)(=O)=O. The number of aryl methyl sites for hydroxylation is 1. The minimum absolute atomic E-state index is 0.530. The lowest BCUT2D eigenvalue weighted by molar-refractivity contribution is 0.419. The number of hydrogen-bond donors (Lipinski definition) is 1. The molecule has 0 saturated carbocycles. The highest BCUT2D eigenvalue weighted by Gasteiger charge is 2.12. The zero-order valence-electron chi connectivity index (χ0n) is 12.3. The van der Waals surface area contributed by atoms with Gasteiger partial charge >= 0.3 is 0 Å². The second-order valence-electron chi connectivity index (χ2n) is 4.88. The molecule has 0 aliphatic rings.